The monoisotopic (exact) mass is 254 g/mol. The number of carbonyl (C=O) groups excluding carboxylic acids is 2. The first-order valence-electron chi connectivity index (χ1n) is 5.26. The molecule has 2 amide bonds. The first-order chi connectivity index (χ1) is 8.59. The first kappa shape index (κ1) is 12.3. The SMILES string of the molecule is O=C1NCC(O)C1C(=O)NOc1ccccc1F. The van der Waals surface area contributed by atoms with Crippen LogP contribution < -0.4 is 15.6 Å². The van der Waals surface area contributed by atoms with Crippen molar-refractivity contribution >= 4 is 11.8 Å². The van der Waals surface area contributed by atoms with E-state index in [1.54, 1.807) is 0 Å². The van der Waals surface area contributed by atoms with Crippen LogP contribution in [0.3, 0.4) is 0 Å². The molecule has 6 nitrogen and oxygen atoms in total. The van der Waals surface area contributed by atoms with Crippen LogP contribution in [0, 0.1) is 11.7 Å². The maximum absolute atomic E-state index is 13.2. The lowest BCUT2D eigenvalue weighted by atomic mass is 10.1. The highest BCUT2D eigenvalue weighted by Gasteiger charge is 2.39. The van der Waals surface area contributed by atoms with Crippen molar-refractivity contribution in [2.45, 2.75) is 6.10 Å². The van der Waals surface area contributed by atoms with E-state index in [1.165, 1.54) is 24.3 Å². The average molecular weight is 254 g/mol. The molecular formula is C11H11FN2O4. The number of rotatable bonds is 3. The molecule has 1 aromatic rings. The summed E-state index contributed by atoms with van der Waals surface area (Å²) < 4.78 is 13.2. The average Bonchev–Trinajstić information content (AvgIpc) is 2.68. The number of benzene rings is 1. The number of carbonyl (C=O) groups is 2. The maximum Gasteiger partial charge on any atom is 0.267 e. The molecule has 0 radical (unpaired) electrons. The molecule has 18 heavy (non-hydrogen) atoms. The number of nitrogens with one attached hydrogen (secondary N) is 2. The molecule has 1 aliphatic heterocycles. The van der Waals surface area contributed by atoms with E-state index >= 15 is 0 Å². The molecule has 1 fully saturated rings. The number of aliphatic hydroxyl groups is 1. The first-order valence-corrected chi connectivity index (χ1v) is 5.26. The van der Waals surface area contributed by atoms with Crippen molar-refractivity contribution in [2.24, 2.45) is 5.92 Å². The number of hydroxylamine groups is 1. The second kappa shape index (κ2) is 5.01. The normalized spacial score (nSPS) is 22.4. The summed E-state index contributed by atoms with van der Waals surface area (Å²) in [5.74, 6) is -3.46. The van der Waals surface area contributed by atoms with Gasteiger partial charge < -0.3 is 15.3 Å². The number of amides is 2. The second-order valence-electron chi connectivity index (χ2n) is 3.79. The maximum atomic E-state index is 13.2. The van der Waals surface area contributed by atoms with Gasteiger partial charge in [-0.1, -0.05) is 12.1 Å². The molecule has 0 bridgehead atoms. The second-order valence-corrected chi connectivity index (χ2v) is 3.79. The molecule has 96 valence electrons. The third kappa shape index (κ3) is 2.40. The van der Waals surface area contributed by atoms with Crippen LogP contribution >= 0.6 is 0 Å². The molecule has 1 aromatic carbocycles. The van der Waals surface area contributed by atoms with Gasteiger partial charge in [0, 0.05) is 6.54 Å². The van der Waals surface area contributed by atoms with Gasteiger partial charge in [0.25, 0.3) is 5.91 Å². The van der Waals surface area contributed by atoms with E-state index in [9.17, 15) is 19.1 Å². The molecule has 7 heteroatoms. The summed E-state index contributed by atoms with van der Waals surface area (Å²) in [7, 11) is 0. The van der Waals surface area contributed by atoms with Crippen molar-refractivity contribution in [3.05, 3.63) is 30.1 Å². The van der Waals surface area contributed by atoms with Crippen LogP contribution in [0.1, 0.15) is 0 Å². The molecule has 3 N–H and O–H groups in total. The lowest BCUT2D eigenvalue weighted by molar-refractivity contribution is -0.140. The van der Waals surface area contributed by atoms with Crippen LogP contribution in [0.2, 0.25) is 0 Å². The highest BCUT2D eigenvalue weighted by molar-refractivity contribution is 6.02. The van der Waals surface area contributed by atoms with Gasteiger partial charge in [0.2, 0.25) is 5.91 Å². The van der Waals surface area contributed by atoms with Gasteiger partial charge in [0.1, 0.15) is 5.92 Å². The zero-order valence-electron chi connectivity index (χ0n) is 9.22. The summed E-state index contributed by atoms with van der Waals surface area (Å²) in [4.78, 5) is 27.6. The zero-order chi connectivity index (χ0) is 13.1. The minimum Gasteiger partial charge on any atom is -0.390 e. The van der Waals surface area contributed by atoms with Crippen molar-refractivity contribution in [3.8, 4) is 5.75 Å². The quantitative estimate of drug-likeness (QED) is 0.493. The van der Waals surface area contributed by atoms with Gasteiger partial charge in [0.15, 0.2) is 11.6 Å². The van der Waals surface area contributed by atoms with Crippen LogP contribution in [0.25, 0.3) is 0 Å². The van der Waals surface area contributed by atoms with Gasteiger partial charge in [-0.15, -0.1) is 0 Å². The number of β-amino-alcohol motifs (C(OH)–C–C–N with tert-alkyl or cyclic N) is 1. The highest BCUT2D eigenvalue weighted by Crippen LogP contribution is 2.15. The third-order valence-corrected chi connectivity index (χ3v) is 2.53. The van der Waals surface area contributed by atoms with Crippen LogP contribution in [-0.2, 0) is 9.59 Å². The van der Waals surface area contributed by atoms with Crippen LogP contribution in [0.15, 0.2) is 24.3 Å². The fourth-order valence-corrected chi connectivity index (χ4v) is 1.60. The van der Waals surface area contributed by atoms with E-state index in [0.717, 1.165) is 0 Å². The summed E-state index contributed by atoms with van der Waals surface area (Å²) in [6.07, 6.45) is -1.11. The lowest BCUT2D eigenvalue weighted by Gasteiger charge is -2.12. The van der Waals surface area contributed by atoms with E-state index in [4.69, 9.17) is 4.84 Å². The van der Waals surface area contributed by atoms with Crippen LogP contribution in [-0.4, -0.2) is 29.6 Å². The van der Waals surface area contributed by atoms with Crippen LogP contribution in [0.5, 0.6) is 5.75 Å². The molecule has 0 spiro atoms. The van der Waals surface area contributed by atoms with Crippen molar-refractivity contribution in [1.29, 1.82) is 0 Å². The van der Waals surface area contributed by atoms with Gasteiger partial charge in [-0.25, -0.2) is 4.39 Å². The Balaban J connectivity index is 1.97. The summed E-state index contributed by atoms with van der Waals surface area (Å²) in [5, 5.41) is 11.7. The number of aliphatic hydroxyl groups excluding tert-OH is 1. The molecule has 1 aliphatic rings. The van der Waals surface area contributed by atoms with E-state index < -0.39 is 29.7 Å². The summed E-state index contributed by atoms with van der Waals surface area (Å²) in [6, 6.07) is 5.49. The Bertz CT molecular complexity index is 480. The van der Waals surface area contributed by atoms with Crippen molar-refractivity contribution in [3.63, 3.8) is 0 Å². The van der Waals surface area contributed by atoms with Crippen LogP contribution in [0.4, 0.5) is 4.39 Å². The van der Waals surface area contributed by atoms with Gasteiger partial charge in [0.05, 0.1) is 6.10 Å². The minimum atomic E-state index is -1.24. The molecule has 2 atom stereocenters. The zero-order valence-corrected chi connectivity index (χ0v) is 9.22. The van der Waals surface area contributed by atoms with Gasteiger partial charge in [-0.05, 0) is 12.1 Å². The number of halogens is 1. The largest absolute Gasteiger partial charge is 0.390 e. The Morgan fingerprint density at radius 1 is 1.50 bits per heavy atom. The summed E-state index contributed by atoms with van der Waals surface area (Å²) in [5.41, 5.74) is 1.94. The molecule has 2 unspecified atom stereocenters. The van der Waals surface area contributed by atoms with E-state index in [-0.39, 0.29) is 12.3 Å². The summed E-state index contributed by atoms with van der Waals surface area (Å²) >= 11 is 0. The molecular weight excluding hydrogens is 243 g/mol. The molecule has 0 saturated carbocycles. The van der Waals surface area contributed by atoms with Gasteiger partial charge >= 0.3 is 0 Å². The van der Waals surface area contributed by atoms with Crippen molar-refractivity contribution < 1.29 is 23.9 Å². The molecule has 1 heterocycles. The Kier molecular flexibility index (Phi) is 3.42. The van der Waals surface area contributed by atoms with Gasteiger partial charge in [-0.3, -0.25) is 9.59 Å². The number of hydrogen-bond acceptors (Lipinski definition) is 4. The standard InChI is InChI=1S/C11H11FN2O4/c12-6-3-1-2-4-8(6)18-14-11(17)9-7(15)5-13-10(9)16/h1-4,7,9,15H,5H2,(H,13,16)(H,14,17). The topological polar surface area (TPSA) is 87.7 Å². The molecule has 1 saturated heterocycles. The fourth-order valence-electron chi connectivity index (χ4n) is 1.60. The van der Waals surface area contributed by atoms with E-state index in [2.05, 4.69) is 5.32 Å². The fraction of sp³-hybridized carbons (Fsp3) is 0.273. The smallest absolute Gasteiger partial charge is 0.267 e. The Morgan fingerprint density at radius 3 is 2.83 bits per heavy atom. The summed E-state index contributed by atoms with van der Waals surface area (Å²) in [6.45, 7) is 0.0105. The Morgan fingerprint density at radius 2 is 2.22 bits per heavy atom. The van der Waals surface area contributed by atoms with Crippen molar-refractivity contribution in [1.82, 2.24) is 10.8 Å². The minimum absolute atomic E-state index is 0.0105. The third-order valence-electron chi connectivity index (χ3n) is 2.53. The predicted octanol–water partition coefficient (Wildman–Crippen LogP) is -0.657. The van der Waals surface area contributed by atoms with Gasteiger partial charge in [-0.2, -0.15) is 5.48 Å². The number of para-hydroxylation sites is 1. The number of hydrogen-bond donors (Lipinski definition) is 3. The predicted molar refractivity (Wildman–Crippen MR) is 57.7 cm³/mol. The van der Waals surface area contributed by atoms with E-state index in [0.29, 0.717) is 0 Å². The Labute approximate surface area is 102 Å². The molecule has 0 aromatic heterocycles. The van der Waals surface area contributed by atoms with E-state index in [1.807, 2.05) is 5.48 Å². The molecule has 2 rings (SSSR count). The lowest BCUT2D eigenvalue weighted by Crippen LogP contribution is -2.41. The van der Waals surface area contributed by atoms with Crippen molar-refractivity contribution in [2.75, 3.05) is 6.54 Å². The Hall–Kier alpha value is -2.15. The highest BCUT2D eigenvalue weighted by atomic mass is 19.1. The molecule has 0 aliphatic carbocycles.